The van der Waals surface area contributed by atoms with Crippen LogP contribution >= 0.6 is 0 Å². The zero-order chi connectivity index (χ0) is 22.0. The van der Waals surface area contributed by atoms with Gasteiger partial charge in [-0.1, -0.05) is 48.6 Å². The van der Waals surface area contributed by atoms with Gasteiger partial charge in [0.15, 0.2) is 11.6 Å². The molecule has 0 saturated heterocycles. The normalized spacial score (nSPS) is 22.4. The molecule has 3 aliphatic rings. The number of fused-ring (bicyclic) bond motifs is 6. The van der Waals surface area contributed by atoms with Crippen molar-refractivity contribution in [2.75, 3.05) is 5.32 Å². The van der Waals surface area contributed by atoms with E-state index in [1.165, 1.54) is 0 Å². The first-order valence-corrected chi connectivity index (χ1v) is 10.7. The van der Waals surface area contributed by atoms with Crippen LogP contribution < -0.4 is 5.32 Å². The summed E-state index contributed by atoms with van der Waals surface area (Å²) in [4.78, 5) is 37.9. The number of aromatic carboxylic acids is 1. The highest BCUT2D eigenvalue weighted by Crippen LogP contribution is 2.52. The van der Waals surface area contributed by atoms with E-state index < -0.39 is 5.97 Å². The van der Waals surface area contributed by atoms with Crippen LogP contribution in [0.15, 0.2) is 72.8 Å². The van der Waals surface area contributed by atoms with Crippen molar-refractivity contribution in [3.8, 4) is 0 Å². The Morgan fingerprint density at radius 1 is 0.875 bits per heavy atom. The van der Waals surface area contributed by atoms with E-state index in [9.17, 15) is 19.5 Å². The monoisotopic (exact) mass is 421 g/mol. The topological polar surface area (TPSA) is 83.5 Å². The van der Waals surface area contributed by atoms with Gasteiger partial charge in [-0.25, -0.2) is 4.79 Å². The molecule has 5 nitrogen and oxygen atoms in total. The fourth-order valence-electron chi connectivity index (χ4n) is 5.45. The third-order valence-corrected chi connectivity index (χ3v) is 6.94. The molecule has 1 aliphatic heterocycles. The molecule has 2 aliphatic carbocycles. The summed E-state index contributed by atoms with van der Waals surface area (Å²) >= 11 is 0. The van der Waals surface area contributed by atoms with Gasteiger partial charge in [0.1, 0.15) is 0 Å². The van der Waals surface area contributed by atoms with Crippen LogP contribution in [0.1, 0.15) is 71.7 Å². The van der Waals surface area contributed by atoms with E-state index in [1.807, 2.05) is 18.2 Å². The molecule has 0 unspecified atom stereocenters. The van der Waals surface area contributed by atoms with Gasteiger partial charge in [-0.15, -0.1) is 0 Å². The van der Waals surface area contributed by atoms with Gasteiger partial charge in [-0.3, -0.25) is 9.59 Å². The van der Waals surface area contributed by atoms with Crippen LogP contribution in [0, 0.1) is 5.92 Å². The SMILES string of the molecule is O=C(O)c1ccc([C@@H]2Nc3ccc4c(c3[C@@H]3C=CC[C@@H]32)C(=O)c2ccccc2C4=O)cc1. The maximum Gasteiger partial charge on any atom is 0.335 e. The van der Waals surface area contributed by atoms with Crippen LogP contribution in [0.25, 0.3) is 0 Å². The molecule has 0 amide bonds. The largest absolute Gasteiger partial charge is 0.478 e. The number of carbonyl (C=O) groups is 3. The van der Waals surface area contributed by atoms with Crippen LogP contribution in [0.4, 0.5) is 5.69 Å². The van der Waals surface area contributed by atoms with Crippen molar-refractivity contribution in [3.05, 3.63) is 112 Å². The second kappa shape index (κ2) is 6.76. The van der Waals surface area contributed by atoms with Crippen molar-refractivity contribution < 1.29 is 19.5 Å². The minimum absolute atomic E-state index is 0.00682. The number of anilines is 1. The van der Waals surface area contributed by atoms with Gasteiger partial charge in [0.05, 0.1) is 11.6 Å². The summed E-state index contributed by atoms with van der Waals surface area (Å²) in [6.07, 6.45) is 5.11. The van der Waals surface area contributed by atoms with Crippen LogP contribution in [-0.2, 0) is 0 Å². The summed E-state index contributed by atoms with van der Waals surface area (Å²) in [5, 5.41) is 12.8. The third kappa shape index (κ3) is 2.54. The van der Waals surface area contributed by atoms with Crippen LogP contribution in [0.3, 0.4) is 0 Å². The zero-order valence-electron chi connectivity index (χ0n) is 17.0. The van der Waals surface area contributed by atoms with Crippen molar-refractivity contribution in [1.29, 1.82) is 0 Å². The Kier molecular flexibility index (Phi) is 3.96. The molecule has 0 radical (unpaired) electrons. The summed E-state index contributed by atoms with van der Waals surface area (Å²) in [5.74, 6) is -0.980. The lowest BCUT2D eigenvalue weighted by Gasteiger charge is -2.39. The van der Waals surface area contributed by atoms with Crippen molar-refractivity contribution in [1.82, 2.24) is 0 Å². The van der Waals surface area contributed by atoms with E-state index in [4.69, 9.17) is 0 Å². The molecule has 5 heteroatoms. The molecule has 3 aromatic carbocycles. The van der Waals surface area contributed by atoms with Crippen LogP contribution in [0.2, 0.25) is 0 Å². The summed E-state index contributed by atoms with van der Waals surface area (Å²) in [6, 6.07) is 17.6. The Morgan fingerprint density at radius 3 is 2.31 bits per heavy atom. The maximum absolute atomic E-state index is 13.5. The van der Waals surface area contributed by atoms with Crippen molar-refractivity contribution in [2.45, 2.75) is 18.4 Å². The second-order valence-corrected chi connectivity index (χ2v) is 8.56. The average molecular weight is 421 g/mol. The second-order valence-electron chi connectivity index (χ2n) is 8.56. The molecule has 1 heterocycles. The Bertz CT molecular complexity index is 1350. The Hall–Kier alpha value is -3.99. The summed E-state index contributed by atoms with van der Waals surface area (Å²) in [7, 11) is 0. The summed E-state index contributed by atoms with van der Waals surface area (Å²) in [6.45, 7) is 0. The van der Waals surface area contributed by atoms with Gasteiger partial charge in [0, 0.05) is 33.9 Å². The fraction of sp³-hybridized carbons (Fsp3) is 0.148. The number of rotatable bonds is 2. The number of nitrogens with one attached hydrogen (secondary N) is 1. The van der Waals surface area contributed by atoms with Crippen molar-refractivity contribution >= 4 is 23.2 Å². The number of hydrogen-bond acceptors (Lipinski definition) is 4. The highest BCUT2D eigenvalue weighted by molar-refractivity contribution is 6.29. The van der Waals surface area contributed by atoms with Gasteiger partial charge >= 0.3 is 5.97 Å². The third-order valence-electron chi connectivity index (χ3n) is 6.94. The van der Waals surface area contributed by atoms with Gasteiger partial charge in [0.25, 0.3) is 0 Å². The molecule has 0 fully saturated rings. The lowest BCUT2D eigenvalue weighted by atomic mass is 9.71. The molecule has 0 saturated carbocycles. The van der Waals surface area contributed by atoms with E-state index in [2.05, 4.69) is 17.5 Å². The minimum atomic E-state index is -0.950. The Labute approximate surface area is 184 Å². The number of ketones is 2. The van der Waals surface area contributed by atoms with Gasteiger partial charge < -0.3 is 10.4 Å². The lowest BCUT2D eigenvalue weighted by Crippen LogP contribution is -2.32. The summed E-state index contributed by atoms with van der Waals surface area (Å²) in [5.41, 5.74) is 4.91. The van der Waals surface area contributed by atoms with Crippen molar-refractivity contribution in [2.24, 2.45) is 5.92 Å². The smallest absolute Gasteiger partial charge is 0.335 e. The highest BCUT2D eigenvalue weighted by atomic mass is 16.4. The first kappa shape index (κ1) is 18.8. The van der Waals surface area contributed by atoms with Gasteiger partial charge in [-0.2, -0.15) is 0 Å². The first-order chi connectivity index (χ1) is 15.5. The Morgan fingerprint density at radius 2 is 1.59 bits per heavy atom. The molecule has 0 aromatic heterocycles. The Balaban J connectivity index is 1.48. The quantitative estimate of drug-likeness (QED) is 0.446. The van der Waals surface area contributed by atoms with Crippen molar-refractivity contribution in [3.63, 3.8) is 0 Å². The number of hydrogen-bond donors (Lipinski definition) is 2. The maximum atomic E-state index is 13.5. The molecular formula is C27H19NO4. The number of benzene rings is 3. The number of allylic oxidation sites excluding steroid dienone is 2. The van der Waals surface area contributed by atoms with Gasteiger partial charge in [-0.05, 0) is 47.7 Å². The molecule has 2 N–H and O–H groups in total. The van der Waals surface area contributed by atoms with E-state index in [-0.39, 0.29) is 35.0 Å². The molecule has 0 bridgehead atoms. The van der Waals surface area contributed by atoms with E-state index in [0.29, 0.717) is 22.3 Å². The standard InChI is InChI=1S/C27H19NO4/c29-25-18-4-1-2-5-19(18)26(30)23-20(25)12-13-21-22(23)16-6-3-7-17(16)24(28-21)14-8-10-15(11-9-14)27(31)32/h1-6,8-13,16-17,24,28H,7H2,(H,31,32)/t16-,17+,24+/m1/s1. The number of carbonyl (C=O) groups excluding carboxylic acids is 2. The summed E-state index contributed by atoms with van der Waals surface area (Å²) < 4.78 is 0. The van der Waals surface area contributed by atoms with E-state index >= 15 is 0 Å². The molecule has 32 heavy (non-hydrogen) atoms. The predicted molar refractivity (Wildman–Crippen MR) is 120 cm³/mol. The minimum Gasteiger partial charge on any atom is -0.478 e. The van der Waals surface area contributed by atoms with Crippen LogP contribution in [0.5, 0.6) is 0 Å². The number of carboxylic acids is 1. The highest BCUT2D eigenvalue weighted by Gasteiger charge is 2.42. The fourth-order valence-corrected chi connectivity index (χ4v) is 5.45. The van der Waals surface area contributed by atoms with Crippen LogP contribution in [-0.4, -0.2) is 22.6 Å². The molecule has 0 spiro atoms. The zero-order valence-corrected chi connectivity index (χ0v) is 17.0. The molecule has 3 aromatic rings. The van der Waals surface area contributed by atoms with Gasteiger partial charge in [0.2, 0.25) is 0 Å². The lowest BCUT2D eigenvalue weighted by molar-refractivity contribution is 0.0696. The first-order valence-electron chi connectivity index (χ1n) is 10.7. The molecule has 156 valence electrons. The molecular weight excluding hydrogens is 402 g/mol. The molecule has 6 rings (SSSR count). The molecule has 3 atom stereocenters. The van der Waals surface area contributed by atoms with E-state index in [0.717, 1.165) is 23.2 Å². The number of carboxylic acid groups (broad SMARTS) is 1. The predicted octanol–water partition coefficient (Wildman–Crippen LogP) is 4.99. The van der Waals surface area contributed by atoms with E-state index in [1.54, 1.807) is 42.5 Å². The average Bonchev–Trinajstić information content (AvgIpc) is 3.31.